The highest BCUT2D eigenvalue weighted by atomic mass is 32.2. The van der Waals surface area contributed by atoms with Crippen LogP contribution in [0.1, 0.15) is 34.2 Å². The summed E-state index contributed by atoms with van der Waals surface area (Å²) in [6.45, 7) is 0. The topological polar surface area (TPSA) is 8.17 Å². The van der Waals surface area contributed by atoms with Gasteiger partial charge < -0.3 is 9.47 Å². The van der Waals surface area contributed by atoms with Gasteiger partial charge in [0.25, 0.3) is 0 Å². The lowest BCUT2D eigenvalue weighted by Crippen LogP contribution is -2.28. The van der Waals surface area contributed by atoms with Gasteiger partial charge in [-0.15, -0.1) is 11.8 Å². The van der Waals surface area contributed by atoms with E-state index < -0.39 is 5.41 Å². The highest BCUT2D eigenvalue weighted by Crippen LogP contribution is 2.57. The predicted octanol–water partition coefficient (Wildman–Crippen LogP) is 17.8. The summed E-state index contributed by atoms with van der Waals surface area (Å²) in [5.74, 6) is 0. The van der Waals surface area contributed by atoms with Gasteiger partial charge in [-0.05, 0) is 139 Å². The van der Waals surface area contributed by atoms with E-state index in [1.165, 1.54) is 110 Å². The van der Waals surface area contributed by atoms with Crippen molar-refractivity contribution in [1.82, 2.24) is 4.57 Å². The molecule has 1 aliphatic heterocycles. The van der Waals surface area contributed by atoms with Crippen molar-refractivity contribution >= 4 is 71.4 Å². The van der Waals surface area contributed by atoms with E-state index in [1.54, 1.807) is 0 Å². The van der Waals surface area contributed by atoms with Gasteiger partial charge in [-0.3, -0.25) is 0 Å². The molecule has 11 aromatic carbocycles. The molecule has 12 aromatic rings. The second-order valence-electron chi connectivity index (χ2n) is 18.7. The number of anilines is 2. The minimum absolute atomic E-state index is 0.227. The lowest BCUT2D eigenvalue weighted by atomic mass is 9.67. The summed E-state index contributed by atoms with van der Waals surface area (Å²) in [7, 11) is 0. The van der Waals surface area contributed by atoms with Gasteiger partial charge in [0, 0.05) is 32.7 Å². The third-order valence-corrected chi connectivity index (χ3v) is 16.3. The maximum atomic E-state index is 2.55. The Kier molecular flexibility index (Phi) is 9.53. The molecule has 2 nitrogen and oxygen atoms in total. The zero-order valence-electron chi connectivity index (χ0n) is 38.4. The van der Waals surface area contributed by atoms with Crippen molar-refractivity contribution in [2.45, 2.75) is 17.2 Å². The summed E-state index contributed by atoms with van der Waals surface area (Å²) in [5.41, 5.74) is 16.9. The Hall–Kier alpha value is -8.37. The standard InChI is InChI=1S/C67H46N2S/c1-4-17-46(18-5-1)65-38-39-66(70-65)68(54-33-30-45-16-10-11-19-47(45)41-54)55-34-31-49-40-48(28-29-50(49)42-55)51-32-37-64-60(43-51)59-25-13-15-27-63(59)69(64)56-35-36-58-57-24-12-14-26-61(57)67(62(58)44-56,52-20-6-2-7-21-52)53-22-8-3-9-23-53/h1-38,40-44,66H,39H2. The molecule has 1 unspecified atom stereocenters. The van der Waals surface area contributed by atoms with Crippen LogP contribution in [0.3, 0.4) is 0 Å². The Morgan fingerprint density at radius 2 is 0.971 bits per heavy atom. The molecule has 2 aliphatic rings. The molecule has 2 heterocycles. The van der Waals surface area contributed by atoms with E-state index in [1.807, 2.05) is 11.8 Å². The molecule has 0 saturated carbocycles. The van der Waals surface area contributed by atoms with Crippen LogP contribution in [0, 0.1) is 0 Å². The summed E-state index contributed by atoms with van der Waals surface area (Å²) >= 11 is 1.96. The Morgan fingerprint density at radius 1 is 0.400 bits per heavy atom. The second-order valence-corrected chi connectivity index (χ2v) is 20.0. The monoisotopic (exact) mass is 910 g/mol. The van der Waals surface area contributed by atoms with E-state index in [2.05, 4.69) is 270 Å². The van der Waals surface area contributed by atoms with E-state index >= 15 is 0 Å². The van der Waals surface area contributed by atoms with Crippen molar-refractivity contribution in [3.63, 3.8) is 0 Å². The summed E-state index contributed by atoms with van der Waals surface area (Å²) in [5, 5.41) is 7.67. The van der Waals surface area contributed by atoms with Crippen LogP contribution in [0.4, 0.5) is 11.4 Å². The smallest absolute Gasteiger partial charge is 0.0880 e. The third-order valence-electron chi connectivity index (χ3n) is 14.9. The number of benzene rings is 11. The lowest BCUT2D eigenvalue weighted by molar-refractivity contribution is 0.767. The molecule has 0 radical (unpaired) electrons. The van der Waals surface area contributed by atoms with E-state index in [0.29, 0.717) is 0 Å². The van der Waals surface area contributed by atoms with Crippen molar-refractivity contribution in [2.24, 2.45) is 0 Å². The Balaban J connectivity index is 0.856. The SMILES string of the molecule is C1=C(c2ccccc2)SC(N(c2ccc3ccccc3c2)c2ccc3cc(-c4ccc5c(c4)c4ccccc4n5-c4ccc5c(c4)C(c4ccccc4)(c4ccccc4)c4ccccc4-5)ccc3c2)C1. The number of para-hydroxylation sites is 1. The van der Waals surface area contributed by atoms with Gasteiger partial charge in [-0.25, -0.2) is 0 Å². The molecular formula is C67H46N2S. The van der Waals surface area contributed by atoms with Gasteiger partial charge in [0.05, 0.1) is 21.8 Å². The van der Waals surface area contributed by atoms with Gasteiger partial charge >= 0.3 is 0 Å². The van der Waals surface area contributed by atoms with Crippen LogP contribution < -0.4 is 4.90 Å². The molecular weight excluding hydrogens is 865 g/mol. The van der Waals surface area contributed by atoms with E-state index in [9.17, 15) is 0 Å². The van der Waals surface area contributed by atoms with Crippen LogP contribution in [0.5, 0.6) is 0 Å². The van der Waals surface area contributed by atoms with Crippen molar-refractivity contribution in [3.05, 3.63) is 289 Å². The summed E-state index contributed by atoms with van der Waals surface area (Å²) < 4.78 is 2.47. The molecule has 1 aliphatic carbocycles. The van der Waals surface area contributed by atoms with Crippen LogP contribution in [0.25, 0.3) is 76.2 Å². The highest BCUT2D eigenvalue weighted by molar-refractivity contribution is 8.09. The molecule has 0 fully saturated rings. The molecule has 0 saturated heterocycles. The quantitative estimate of drug-likeness (QED) is 0.150. The first-order chi connectivity index (χ1) is 34.7. The molecule has 14 rings (SSSR count). The minimum Gasteiger partial charge on any atom is -0.328 e. The number of hydrogen-bond donors (Lipinski definition) is 0. The minimum atomic E-state index is -0.472. The van der Waals surface area contributed by atoms with E-state index in [0.717, 1.165) is 12.1 Å². The van der Waals surface area contributed by atoms with Gasteiger partial charge in [-0.1, -0.05) is 200 Å². The largest absolute Gasteiger partial charge is 0.328 e. The maximum Gasteiger partial charge on any atom is 0.0880 e. The molecule has 3 heteroatoms. The van der Waals surface area contributed by atoms with Crippen molar-refractivity contribution in [2.75, 3.05) is 4.90 Å². The van der Waals surface area contributed by atoms with Crippen molar-refractivity contribution in [1.29, 1.82) is 0 Å². The summed E-state index contributed by atoms with van der Waals surface area (Å²) in [6.07, 6.45) is 3.37. The summed E-state index contributed by atoms with van der Waals surface area (Å²) in [4.78, 5) is 3.89. The van der Waals surface area contributed by atoms with Gasteiger partial charge in [-0.2, -0.15) is 0 Å². The van der Waals surface area contributed by atoms with Crippen LogP contribution in [0.15, 0.2) is 261 Å². The van der Waals surface area contributed by atoms with Crippen LogP contribution >= 0.6 is 11.8 Å². The van der Waals surface area contributed by atoms with Crippen LogP contribution in [-0.4, -0.2) is 9.94 Å². The van der Waals surface area contributed by atoms with Gasteiger partial charge in [0.1, 0.15) is 0 Å². The number of fused-ring (bicyclic) bond motifs is 8. The average molecular weight is 911 g/mol. The first kappa shape index (κ1) is 40.7. The fraction of sp³-hybridized carbons (Fsp3) is 0.0448. The number of thioether (sulfide) groups is 1. The first-order valence-electron chi connectivity index (χ1n) is 24.3. The molecule has 330 valence electrons. The van der Waals surface area contributed by atoms with E-state index in [-0.39, 0.29) is 5.37 Å². The Bertz CT molecular complexity index is 3980. The highest BCUT2D eigenvalue weighted by Gasteiger charge is 2.46. The Morgan fingerprint density at radius 3 is 1.76 bits per heavy atom. The Labute approximate surface area is 412 Å². The van der Waals surface area contributed by atoms with Crippen LogP contribution in [0.2, 0.25) is 0 Å². The maximum absolute atomic E-state index is 2.55. The van der Waals surface area contributed by atoms with E-state index in [4.69, 9.17) is 0 Å². The number of nitrogens with zero attached hydrogens (tertiary/aromatic N) is 2. The fourth-order valence-corrected chi connectivity index (χ4v) is 13.1. The van der Waals surface area contributed by atoms with Gasteiger partial charge in [0.2, 0.25) is 0 Å². The average Bonchev–Trinajstić information content (AvgIpc) is 4.13. The second kappa shape index (κ2) is 16.4. The third kappa shape index (κ3) is 6.42. The molecule has 1 atom stereocenters. The lowest BCUT2D eigenvalue weighted by Gasteiger charge is -2.34. The normalized spacial score (nSPS) is 14.8. The van der Waals surface area contributed by atoms with Gasteiger partial charge in [0.15, 0.2) is 0 Å². The molecule has 70 heavy (non-hydrogen) atoms. The number of rotatable bonds is 8. The molecule has 0 bridgehead atoms. The fourth-order valence-electron chi connectivity index (χ4n) is 11.8. The molecule has 0 amide bonds. The van der Waals surface area contributed by atoms with Crippen molar-refractivity contribution in [3.8, 4) is 27.9 Å². The predicted molar refractivity (Wildman–Crippen MR) is 298 cm³/mol. The molecule has 0 spiro atoms. The number of aromatic nitrogens is 1. The number of hydrogen-bond acceptors (Lipinski definition) is 2. The zero-order valence-corrected chi connectivity index (χ0v) is 39.2. The van der Waals surface area contributed by atoms with Crippen LogP contribution in [-0.2, 0) is 5.41 Å². The molecule has 0 N–H and O–H groups in total. The first-order valence-corrected chi connectivity index (χ1v) is 25.2. The molecule has 1 aromatic heterocycles. The van der Waals surface area contributed by atoms with Crippen molar-refractivity contribution < 1.29 is 0 Å². The zero-order chi connectivity index (χ0) is 46.2. The summed E-state index contributed by atoms with van der Waals surface area (Å²) in [6, 6.07) is 94.6.